The van der Waals surface area contributed by atoms with Crippen LogP contribution in [0.15, 0.2) is 60.7 Å². The monoisotopic (exact) mass is 543 g/mol. The van der Waals surface area contributed by atoms with Crippen molar-refractivity contribution in [3.63, 3.8) is 0 Å². The molecule has 0 radical (unpaired) electrons. The van der Waals surface area contributed by atoms with Crippen LogP contribution in [0.2, 0.25) is 10.0 Å². The maximum atomic E-state index is 12.8. The van der Waals surface area contributed by atoms with Gasteiger partial charge in [0, 0.05) is 40.3 Å². The Morgan fingerprint density at radius 1 is 1.03 bits per heavy atom. The van der Waals surface area contributed by atoms with E-state index in [9.17, 15) is 9.59 Å². The van der Waals surface area contributed by atoms with Gasteiger partial charge in [0.2, 0.25) is 11.8 Å². The third kappa shape index (κ3) is 6.39. The highest BCUT2D eigenvalue weighted by molar-refractivity contribution is 6.35. The third-order valence-corrected chi connectivity index (χ3v) is 6.59. The first-order chi connectivity index (χ1) is 17.9. The minimum atomic E-state index is -0.489. The Labute approximate surface area is 225 Å². The first kappa shape index (κ1) is 26.4. The molecule has 1 fully saturated rings. The topological polar surface area (TPSA) is 89.1 Å². The Morgan fingerprint density at radius 3 is 2.43 bits per heavy atom. The lowest BCUT2D eigenvalue weighted by molar-refractivity contribution is -0.125. The number of nitrogens with one attached hydrogen (secondary N) is 2. The van der Waals surface area contributed by atoms with Gasteiger partial charge in [-0.3, -0.25) is 20.4 Å². The van der Waals surface area contributed by atoms with E-state index in [-0.39, 0.29) is 24.8 Å². The maximum absolute atomic E-state index is 12.8. The Kier molecular flexibility index (Phi) is 8.63. The number of halogens is 2. The van der Waals surface area contributed by atoms with Gasteiger partial charge in [-0.2, -0.15) is 0 Å². The summed E-state index contributed by atoms with van der Waals surface area (Å²) in [6, 6.07) is 17.6. The van der Waals surface area contributed by atoms with Crippen LogP contribution in [0.25, 0.3) is 0 Å². The van der Waals surface area contributed by atoms with Gasteiger partial charge in [0.1, 0.15) is 12.4 Å². The van der Waals surface area contributed by atoms with Gasteiger partial charge < -0.3 is 19.1 Å². The molecule has 1 aliphatic heterocycles. The molecule has 194 valence electrons. The Hall–Kier alpha value is -3.62. The molecule has 1 heterocycles. The number of methoxy groups -OCH3 is 1. The van der Waals surface area contributed by atoms with Crippen LogP contribution >= 0.6 is 23.2 Å². The van der Waals surface area contributed by atoms with Crippen molar-refractivity contribution < 1.29 is 23.8 Å². The molecule has 1 atom stereocenters. The quantitative estimate of drug-likeness (QED) is 0.329. The van der Waals surface area contributed by atoms with Crippen LogP contribution < -0.4 is 30.0 Å². The number of anilines is 2. The fourth-order valence-corrected chi connectivity index (χ4v) is 4.45. The number of hydrogen-bond acceptors (Lipinski definition) is 6. The zero-order valence-corrected chi connectivity index (χ0v) is 21.9. The van der Waals surface area contributed by atoms with Gasteiger partial charge in [-0.15, -0.1) is 0 Å². The first-order valence-electron chi connectivity index (χ1n) is 11.7. The minimum Gasteiger partial charge on any atom is -0.494 e. The molecule has 0 aliphatic carbocycles. The zero-order chi connectivity index (χ0) is 26.4. The van der Waals surface area contributed by atoms with Crippen molar-refractivity contribution in [3.05, 3.63) is 76.3 Å². The summed E-state index contributed by atoms with van der Waals surface area (Å²) < 4.78 is 16.8. The van der Waals surface area contributed by atoms with Crippen molar-refractivity contribution >= 4 is 46.4 Å². The van der Waals surface area contributed by atoms with E-state index in [2.05, 4.69) is 10.9 Å². The summed E-state index contributed by atoms with van der Waals surface area (Å²) in [5, 5.41) is 1.03. The molecule has 0 bridgehead atoms. The van der Waals surface area contributed by atoms with Crippen LogP contribution in [0.4, 0.5) is 11.4 Å². The molecule has 8 nitrogen and oxygen atoms in total. The zero-order valence-electron chi connectivity index (χ0n) is 20.4. The summed E-state index contributed by atoms with van der Waals surface area (Å²) >= 11 is 12.4. The number of hydrogen-bond donors (Lipinski definition) is 2. The average Bonchev–Trinajstić information content (AvgIpc) is 3.29. The molecule has 37 heavy (non-hydrogen) atoms. The molecule has 0 spiro atoms. The molecule has 2 amide bonds. The van der Waals surface area contributed by atoms with Crippen molar-refractivity contribution in [2.45, 2.75) is 20.0 Å². The van der Waals surface area contributed by atoms with Gasteiger partial charge in [0.15, 0.2) is 11.5 Å². The lowest BCUT2D eigenvalue weighted by Gasteiger charge is -2.18. The molecule has 4 rings (SSSR count). The van der Waals surface area contributed by atoms with E-state index in [4.69, 9.17) is 37.4 Å². The molecule has 3 aromatic carbocycles. The molecule has 0 aromatic heterocycles. The van der Waals surface area contributed by atoms with Crippen LogP contribution in [0.3, 0.4) is 0 Å². The molecule has 0 unspecified atom stereocenters. The van der Waals surface area contributed by atoms with Gasteiger partial charge in [0.25, 0.3) is 0 Å². The van der Waals surface area contributed by atoms with Gasteiger partial charge >= 0.3 is 0 Å². The number of carbonyl (C=O) groups is 2. The Balaban J connectivity index is 1.33. The summed E-state index contributed by atoms with van der Waals surface area (Å²) in [6.07, 6.45) is 0.126. The van der Waals surface area contributed by atoms with Crippen LogP contribution in [0, 0.1) is 5.92 Å². The van der Waals surface area contributed by atoms with E-state index in [0.29, 0.717) is 45.9 Å². The standard InChI is InChI=1S/C27H27Cl2N3O5/c1-3-36-20-10-8-19(9-11-20)32-15-17(13-26(32)33)27(34)31-30-18-7-12-24(25(14-18)35-2)37-16-21-22(28)5-4-6-23(21)29/h4-12,14,17,30H,3,13,15-16H2,1-2H3,(H,31,34)/t17-/m0/s1. The molecular formula is C27H27Cl2N3O5. The van der Waals surface area contributed by atoms with Crippen molar-refractivity contribution in [1.29, 1.82) is 0 Å². The molecular weight excluding hydrogens is 517 g/mol. The summed E-state index contributed by atoms with van der Waals surface area (Å²) in [5.74, 6) is 0.802. The molecule has 1 aliphatic rings. The summed E-state index contributed by atoms with van der Waals surface area (Å²) in [7, 11) is 1.52. The second kappa shape index (κ2) is 12.1. The second-order valence-corrected chi connectivity index (χ2v) is 9.12. The number of carbonyl (C=O) groups excluding carboxylic acids is 2. The van der Waals surface area contributed by atoms with E-state index in [0.717, 1.165) is 11.4 Å². The van der Waals surface area contributed by atoms with E-state index < -0.39 is 5.92 Å². The van der Waals surface area contributed by atoms with Crippen LogP contribution in [-0.4, -0.2) is 32.1 Å². The molecule has 2 N–H and O–H groups in total. The average molecular weight is 544 g/mol. The summed E-state index contributed by atoms with van der Waals surface area (Å²) in [6.45, 7) is 2.93. The highest BCUT2D eigenvalue weighted by Crippen LogP contribution is 2.33. The molecule has 10 heteroatoms. The normalized spacial score (nSPS) is 14.9. The number of benzene rings is 3. The largest absolute Gasteiger partial charge is 0.494 e. The Morgan fingerprint density at radius 2 is 1.76 bits per heavy atom. The number of amides is 2. The predicted molar refractivity (Wildman–Crippen MR) is 144 cm³/mol. The highest BCUT2D eigenvalue weighted by atomic mass is 35.5. The van der Waals surface area contributed by atoms with E-state index in [1.165, 1.54) is 7.11 Å². The lowest BCUT2D eigenvalue weighted by atomic mass is 10.1. The highest BCUT2D eigenvalue weighted by Gasteiger charge is 2.35. The van der Waals surface area contributed by atoms with Crippen LogP contribution in [0.1, 0.15) is 18.9 Å². The van der Waals surface area contributed by atoms with Crippen molar-refractivity contribution in [2.24, 2.45) is 5.92 Å². The third-order valence-electron chi connectivity index (χ3n) is 5.88. The van der Waals surface area contributed by atoms with Gasteiger partial charge in [-0.05, 0) is 55.5 Å². The van der Waals surface area contributed by atoms with E-state index in [1.54, 1.807) is 41.3 Å². The van der Waals surface area contributed by atoms with Gasteiger partial charge in [-0.25, -0.2) is 0 Å². The SMILES string of the molecule is CCOc1ccc(N2C[C@@H](C(=O)NNc3ccc(OCc4c(Cl)cccc4Cl)c(OC)c3)CC2=O)cc1. The molecule has 3 aromatic rings. The fraction of sp³-hybridized carbons (Fsp3) is 0.259. The van der Waals surface area contributed by atoms with Crippen LogP contribution in [0.5, 0.6) is 17.2 Å². The number of rotatable bonds is 10. The van der Waals surface area contributed by atoms with Crippen molar-refractivity contribution in [2.75, 3.05) is 30.6 Å². The maximum Gasteiger partial charge on any atom is 0.243 e. The number of nitrogens with zero attached hydrogens (tertiary/aromatic N) is 1. The fourth-order valence-electron chi connectivity index (χ4n) is 3.94. The van der Waals surface area contributed by atoms with E-state index >= 15 is 0 Å². The smallest absolute Gasteiger partial charge is 0.243 e. The Bertz CT molecular complexity index is 1250. The minimum absolute atomic E-state index is 0.105. The number of hydrazine groups is 1. The summed E-state index contributed by atoms with van der Waals surface area (Å²) in [4.78, 5) is 26.9. The molecule has 0 saturated carbocycles. The van der Waals surface area contributed by atoms with E-state index in [1.807, 2.05) is 31.2 Å². The van der Waals surface area contributed by atoms with Gasteiger partial charge in [0.05, 0.1) is 25.3 Å². The number of ether oxygens (including phenoxy) is 3. The lowest BCUT2D eigenvalue weighted by Crippen LogP contribution is -2.36. The van der Waals surface area contributed by atoms with Crippen LogP contribution in [-0.2, 0) is 16.2 Å². The molecule has 1 saturated heterocycles. The van der Waals surface area contributed by atoms with Gasteiger partial charge in [-0.1, -0.05) is 29.3 Å². The first-order valence-corrected chi connectivity index (χ1v) is 12.5. The second-order valence-electron chi connectivity index (χ2n) is 8.30. The predicted octanol–water partition coefficient (Wildman–Crippen LogP) is 5.48. The van der Waals surface area contributed by atoms with Crippen molar-refractivity contribution in [3.8, 4) is 17.2 Å². The summed E-state index contributed by atoms with van der Waals surface area (Å²) in [5.41, 5.74) is 7.56. The van der Waals surface area contributed by atoms with Crippen molar-refractivity contribution in [1.82, 2.24) is 5.43 Å².